The molecule has 1 saturated carbocycles. The summed E-state index contributed by atoms with van der Waals surface area (Å²) < 4.78 is 37.6. The third-order valence-corrected chi connectivity index (χ3v) is 4.41. The molecule has 1 aromatic rings. The van der Waals surface area contributed by atoms with Crippen LogP contribution in [-0.4, -0.2) is 4.98 Å². The maximum Gasteiger partial charge on any atom is 0.443 e. The minimum absolute atomic E-state index is 0.328. The maximum atomic E-state index is 12.5. The number of alkyl halides is 3. The summed E-state index contributed by atoms with van der Waals surface area (Å²) in [4.78, 5) is 3.87. The van der Waals surface area contributed by atoms with Gasteiger partial charge in [-0.05, 0) is 36.8 Å². The van der Waals surface area contributed by atoms with E-state index in [-0.39, 0.29) is 0 Å². The minimum Gasteiger partial charge on any atom is -0.402 e. The van der Waals surface area contributed by atoms with Crippen LogP contribution in [0.2, 0.25) is 0 Å². The lowest BCUT2D eigenvalue weighted by Gasteiger charge is -2.30. The highest BCUT2D eigenvalue weighted by Crippen LogP contribution is 2.42. The molecule has 0 unspecified atom stereocenters. The van der Waals surface area contributed by atoms with Gasteiger partial charge >= 0.3 is 6.18 Å². The molecule has 1 aromatic heterocycles. The van der Waals surface area contributed by atoms with E-state index in [0.29, 0.717) is 33.4 Å². The lowest BCUT2D eigenvalue weighted by atomic mass is 9.76. The standard InChI is InChI=1S/C13H15F3N2S/c1-7(11(8(2)17)9-4-3-5-9)10-6-18-12(19-10)13(14,15)16/h6,9H,1,3-5,17H2,2H3/b11-8-. The Morgan fingerprint density at radius 2 is 2.11 bits per heavy atom. The van der Waals surface area contributed by atoms with Gasteiger partial charge in [-0.3, -0.25) is 0 Å². The predicted octanol–water partition coefficient (Wildman–Crippen LogP) is 4.21. The molecular weight excluding hydrogens is 273 g/mol. The first-order valence-corrected chi connectivity index (χ1v) is 6.81. The highest BCUT2D eigenvalue weighted by molar-refractivity contribution is 7.12. The van der Waals surface area contributed by atoms with Gasteiger partial charge in [0.05, 0.1) is 4.88 Å². The highest BCUT2D eigenvalue weighted by atomic mass is 32.1. The SMILES string of the molecule is C=C(/C(=C(\C)N)C1CCC1)c1cnc(C(F)(F)F)s1. The van der Waals surface area contributed by atoms with Crippen LogP contribution >= 0.6 is 11.3 Å². The minimum atomic E-state index is -4.40. The lowest BCUT2D eigenvalue weighted by molar-refractivity contribution is -0.137. The van der Waals surface area contributed by atoms with Crippen LogP contribution in [0.3, 0.4) is 0 Å². The van der Waals surface area contributed by atoms with Crippen LogP contribution in [0.25, 0.3) is 5.57 Å². The topological polar surface area (TPSA) is 38.9 Å². The fraction of sp³-hybridized carbons (Fsp3) is 0.462. The Balaban J connectivity index is 2.28. The van der Waals surface area contributed by atoms with Crippen molar-refractivity contribution in [2.24, 2.45) is 11.7 Å². The zero-order valence-electron chi connectivity index (χ0n) is 10.5. The first-order valence-electron chi connectivity index (χ1n) is 5.99. The van der Waals surface area contributed by atoms with Gasteiger partial charge in [0.1, 0.15) is 0 Å². The quantitative estimate of drug-likeness (QED) is 0.846. The third kappa shape index (κ3) is 2.83. The van der Waals surface area contributed by atoms with Crippen molar-refractivity contribution in [2.75, 3.05) is 0 Å². The molecule has 0 aromatic carbocycles. The number of rotatable bonds is 3. The van der Waals surface area contributed by atoms with Crippen LogP contribution in [-0.2, 0) is 6.18 Å². The molecule has 1 heterocycles. The van der Waals surface area contributed by atoms with E-state index in [4.69, 9.17) is 5.73 Å². The van der Waals surface area contributed by atoms with E-state index in [1.807, 2.05) is 0 Å². The van der Waals surface area contributed by atoms with Gasteiger partial charge in [0.25, 0.3) is 0 Å². The number of nitrogens with two attached hydrogens (primary N) is 1. The fourth-order valence-corrected chi connectivity index (χ4v) is 2.95. The van der Waals surface area contributed by atoms with Crippen molar-refractivity contribution >= 4 is 16.9 Å². The molecule has 0 amide bonds. The molecule has 104 valence electrons. The van der Waals surface area contributed by atoms with Crippen molar-refractivity contribution < 1.29 is 13.2 Å². The molecule has 0 spiro atoms. The average Bonchev–Trinajstić information content (AvgIpc) is 2.70. The summed E-state index contributed by atoms with van der Waals surface area (Å²) in [6.07, 6.45) is 0.00556. The molecule has 19 heavy (non-hydrogen) atoms. The molecule has 6 heteroatoms. The first kappa shape index (κ1) is 14.1. The summed E-state index contributed by atoms with van der Waals surface area (Å²) in [5.41, 5.74) is 7.97. The molecule has 2 nitrogen and oxygen atoms in total. The number of aromatic nitrogens is 1. The van der Waals surface area contributed by atoms with Crippen molar-refractivity contribution in [1.29, 1.82) is 0 Å². The largest absolute Gasteiger partial charge is 0.443 e. The molecular formula is C13H15F3N2S. The van der Waals surface area contributed by atoms with Gasteiger partial charge in [0.2, 0.25) is 0 Å². The van der Waals surface area contributed by atoms with Crippen LogP contribution in [0.15, 0.2) is 24.0 Å². The van der Waals surface area contributed by atoms with E-state index in [1.54, 1.807) is 6.92 Å². The third-order valence-electron chi connectivity index (χ3n) is 3.31. The van der Waals surface area contributed by atoms with E-state index in [0.717, 1.165) is 24.8 Å². The van der Waals surface area contributed by atoms with Crippen molar-refractivity contribution in [1.82, 2.24) is 4.98 Å². The van der Waals surface area contributed by atoms with Crippen LogP contribution in [0.1, 0.15) is 36.1 Å². The lowest BCUT2D eigenvalue weighted by Crippen LogP contribution is -2.18. The fourth-order valence-electron chi connectivity index (χ4n) is 2.18. The molecule has 0 saturated heterocycles. The Bertz CT molecular complexity index is 520. The molecule has 1 fully saturated rings. The van der Waals surface area contributed by atoms with E-state index < -0.39 is 11.2 Å². The number of halogens is 3. The van der Waals surface area contributed by atoms with Gasteiger partial charge in [0.15, 0.2) is 5.01 Å². The summed E-state index contributed by atoms with van der Waals surface area (Å²) in [7, 11) is 0. The summed E-state index contributed by atoms with van der Waals surface area (Å²) in [5, 5.41) is -0.841. The number of allylic oxidation sites excluding steroid dienone is 3. The Morgan fingerprint density at radius 3 is 2.47 bits per heavy atom. The summed E-state index contributed by atoms with van der Waals surface area (Å²) in [5.74, 6) is 0.328. The number of thiazole rings is 1. The van der Waals surface area contributed by atoms with E-state index in [1.165, 1.54) is 6.20 Å². The maximum absolute atomic E-state index is 12.5. The number of hydrogen-bond acceptors (Lipinski definition) is 3. The number of nitrogens with zero attached hydrogens (tertiary/aromatic N) is 1. The molecule has 0 bridgehead atoms. The van der Waals surface area contributed by atoms with Crippen molar-refractivity contribution in [3.63, 3.8) is 0 Å². The zero-order valence-corrected chi connectivity index (χ0v) is 11.4. The zero-order chi connectivity index (χ0) is 14.2. The smallest absolute Gasteiger partial charge is 0.402 e. The van der Waals surface area contributed by atoms with Crippen LogP contribution in [0.4, 0.5) is 13.2 Å². The number of hydrogen-bond donors (Lipinski definition) is 1. The Hall–Kier alpha value is -1.30. The van der Waals surface area contributed by atoms with Gasteiger partial charge < -0.3 is 5.73 Å². The molecule has 2 rings (SSSR count). The second kappa shape index (κ2) is 5.00. The second-order valence-electron chi connectivity index (χ2n) is 4.73. The van der Waals surface area contributed by atoms with E-state index in [9.17, 15) is 13.2 Å². The molecule has 0 atom stereocenters. The van der Waals surface area contributed by atoms with Crippen molar-refractivity contribution in [3.8, 4) is 0 Å². The molecule has 1 aliphatic carbocycles. The average molecular weight is 288 g/mol. The normalized spacial score (nSPS) is 17.9. The van der Waals surface area contributed by atoms with E-state index >= 15 is 0 Å². The predicted molar refractivity (Wildman–Crippen MR) is 70.4 cm³/mol. The summed E-state index contributed by atoms with van der Waals surface area (Å²) in [6.45, 7) is 5.68. The molecule has 0 radical (unpaired) electrons. The van der Waals surface area contributed by atoms with Gasteiger partial charge in [-0.15, -0.1) is 11.3 Å². The second-order valence-corrected chi connectivity index (χ2v) is 5.76. The molecule has 1 aliphatic rings. The van der Waals surface area contributed by atoms with Crippen molar-refractivity contribution in [3.05, 3.63) is 33.9 Å². The highest BCUT2D eigenvalue weighted by Gasteiger charge is 2.35. The molecule has 0 aliphatic heterocycles. The summed E-state index contributed by atoms with van der Waals surface area (Å²) >= 11 is 0.620. The Morgan fingerprint density at radius 1 is 1.47 bits per heavy atom. The Labute approximate surface area is 113 Å². The Kier molecular flexibility index (Phi) is 3.71. The van der Waals surface area contributed by atoms with Crippen LogP contribution in [0.5, 0.6) is 0 Å². The van der Waals surface area contributed by atoms with Gasteiger partial charge in [0, 0.05) is 11.9 Å². The van der Waals surface area contributed by atoms with Crippen molar-refractivity contribution in [2.45, 2.75) is 32.4 Å². The van der Waals surface area contributed by atoms with Gasteiger partial charge in [-0.25, -0.2) is 4.98 Å². The first-order chi connectivity index (χ1) is 8.80. The van der Waals surface area contributed by atoms with Gasteiger partial charge in [-0.2, -0.15) is 13.2 Å². The van der Waals surface area contributed by atoms with E-state index in [2.05, 4.69) is 11.6 Å². The van der Waals surface area contributed by atoms with Crippen LogP contribution < -0.4 is 5.73 Å². The molecule has 2 N–H and O–H groups in total. The van der Waals surface area contributed by atoms with Crippen LogP contribution in [0, 0.1) is 5.92 Å². The van der Waals surface area contributed by atoms with Gasteiger partial charge in [-0.1, -0.05) is 13.0 Å². The monoisotopic (exact) mass is 288 g/mol. The summed E-state index contributed by atoms with van der Waals surface area (Å²) in [6, 6.07) is 0.